The van der Waals surface area contributed by atoms with Crippen LogP contribution in [0, 0.1) is 0 Å². The normalized spacial score (nSPS) is 12.6. The van der Waals surface area contributed by atoms with Crippen molar-refractivity contribution in [3.8, 4) is 0 Å². The van der Waals surface area contributed by atoms with E-state index in [1.54, 1.807) is 6.92 Å². The number of hydrogen-bond donors (Lipinski definition) is 0. The van der Waals surface area contributed by atoms with Gasteiger partial charge in [-0.3, -0.25) is 4.90 Å². The molecule has 0 N–H and O–H groups in total. The first-order chi connectivity index (χ1) is 7.56. The third-order valence-electron chi connectivity index (χ3n) is 2.46. The van der Waals surface area contributed by atoms with E-state index < -0.39 is 0 Å². The van der Waals surface area contributed by atoms with Gasteiger partial charge in [-0.05, 0) is 26.6 Å². The fourth-order valence-corrected chi connectivity index (χ4v) is 2.35. The van der Waals surface area contributed by atoms with E-state index in [0.29, 0.717) is 24.8 Å². The Morgan fingerprint density at radius 2 is 2.12 bits per heavy atom. The van der Waals surface area contributed by atoms with Crippen LogP contribution in [0.25, 0.3) is 0 Å². The molecule has 3 nitrogen and oxygen atoms in total. The molecule has 0 aromatic heterocycles. The van der Waals surface area contributed by atoms with Crippen LogP contribution in [0.15, 0.2) is 12.2 Å². The Morgan fingerprint density at radius 3 is 2.56 bits per heavy atom. The average molecular weight is 245 g/mol. The van der Waals surface area contributed by atoms with Gasteiger partial charge in [-0.2, -0.15) is 11.8 Å². The monoisotopic (exact) mass is 245 g/mol. The minimum atomic E-state index is -0.284. The topological polar surface area (TPSA) is 29.5 Å². The summed E-state index contributed by atoms with van der Waals surface area (Å²) < 4.78 is 4.91. The van der Waals surface area contributed by atoms with Crippen LogP contribution in [0.2, 0.25) is 0 Å². The first-order valence-electron chi connectivity index (χ1n) is 5.60. The maximum Gasteiger partial charge on any atom is 0.334 e. The minimum absolute atomic E-state index is 0.284. The van der Waals surface area contributed by atoms with Gasteiger partial charge in [0.1, 0.15) is 0 Å². The van der Waals surface area contributed by atoms with Gasteiger partial charge in [0, 0.05) is 23.9 Å². The Hall–Kier alpha value is -0.480. The minimum Gasteiger partial charge on any atom is -0.463 e. The molecule has 0 bridgehead atoms. The van der Waals surface area contributed by atoms with Gasteiger partial charge in [0.25, 0.3) is 0 Å². The zero-order valence-electron chi connectivity index (χ0n) is 10.8. The molecule has 0 saturated carbocycles. The lowest BCUT2D eigenvalue weighted by Crippen LogP contribution is -2.35. The number of esters is 1. The van der Waals surface area contributed by atoms with Crippen LogP contribution in [0.4, 0.5) is 0 Å². The summed E-state index contributed by atoms with van der Waals surface area (Å²) in [6.07, 6.45) is 3.17. The van der Waals surface area contributed by atoms with E-state index in [1.807, 2.05) is 18.8 Å². The van der Waals surface area contributed by atoms with Gasteiger partial charge in [-0.15, -0.1) is 0 Å². The van der Waals surface area contributed by atoms with Crippen molar-refractivity contribution < 1.29 is 9.53 Å². The average Bonchev–Trinajstić information content (AvgIpc) is 2.25. The molecule has 16 heavy (non-hydrogen) atoms. The van der Waals surface area contributed by atoms with Crippen molar-refractivity contribution in [1.82, 2.24) is 4.90 Å². The number of hydrogen-bond acceptors (Lipinski definition) is 4. The van der Waals surface area contributed by atoms with Crippen LogP contribution in [0.5, 0.6) is 0 Å². The van der Waals surface area contributed by atoms with E-state index >= 15 is 0 Å². The molecule has 0 aliphatic carbocycles. The SMILES string of the molecule is C=C(CN(C)C(CC)CSC)C(=O)OCC. The van der Waals surface area contributed by atoms with Crippen molar-refractivity contribution in [2.75, 3.05) is 32.2 Å². The highest BCUT2D eigenvalue weighted by Crippen LogP contribution is 2.10. The van der Waals surface area contributed by atoms with Gasteiger partial charge in [-0.1, -0.05) is 13.5 Å². The molecule has 1 atom stereocenters. The van der Waals surface area contributed by atoms with Crippen LogP contribution in [-0.2, 0) is 9.53 Å². The molecule has 0 saturated heterocycles. The third-order valence-corrected chi connectivity index (χ3v) is 3.18. The second-order valence-electron chi connectivity index (χ2n) is 3.76. The Balaban J connectivity index is 4.15. The number of thioether (sulfide) groups is 1. The van der Waals surface area contributed by atoms with Crippen molar-refractivity contribution in [3.63, 3.8) is 0 Å². The first-order valence-corrected chi connectivity index (χ1v) is 7.00. The number of rotatable bonds is 8. The van der Waals surface area contributed by atoms with E-state index in [-0.39, 0.29) is 5.97 Å². The van der Waals surface area contributed by atoms with Crippen LogP contribution in [-0.4, -0.2) is 49.1 Å². The third kappa shape index (κ3) is 5.56. The second kappa shape index (κ2) is 8.65. The van der Waals surface area contributed by atoms with Crippen LogP contribution in [0.3, 0.4) is 0 Å². The largest absolute Gasteiger partial charge is 0.463 e. The fourth-order valence-electron chi connectivity index (χ4n) is 1.48. The lowest BCUT2D eigenvalue weighted by atomic mass is 10.2. The number of nitrogens with zero attached hydrogens (tertiary/aromatic N) is 1. The molecule has 0 heterocycles. The molecular weight excluding hydrogens is 222 g/mol. The Labute approximate surface area is 103 Å². The molecule has 94 valence electrons. The Morgan fingerprint density at radius 1 is 1.50 bits per heavy atom. The van der Waals surface area contributed by atoms with Crippen LogP contribution >= 0.6 is 11.8 Å². The fraction of sp³-hybridized carbons (Fsp3) is 0.750. The quantitative estimate of drug-likeness (QED) is 0.484. The molecular formula is C12H23NO2S. The molecule has 1 unspecified atom stereocenters. The van der Waals surface area contributed by atoms with Crippen LogP contribution < -0.4 is 0 Å². The molecule has 0 aliphatic heterocycles. The summed E-state index contributed by atoms with van der Waals surface area (Å²) in [5, 5.41) is 0. The van der Waals surface area contributed by atoms with Gasteiger partial charge >= 0.3 is 5.97 Å². The molecule has 4 heteroatoms. The van der Waals surface area contributed by atoms with E-state index in [2.05, 4.69) is 24.7 Å². The Kier molecular flexibility index (Phi) is 8.39. The van der Waals surface area contributed by atoms with Crippen molar-refractivity contribution in [2.45, 2.75) is 26.3 Å². The molecule has 0 amide bonds. The van der Waals surface area contributed by atoms with Crippen molar-refractivity contribution in [1.29, 1.82) is 0 Å². The van der Waals surface area contributed by atoms with E-state index in [1.165, 1.54) is 0 Å². The van der Waals surface area contributed by atoms with Crippen LogP contribution in [0.1, 0.15) is 20.3 Å². The summed E-state index contributed by atoms with van der Waals surface area (Å²) in [5.41, 5.74) is 0.531. The van der Waals surface area contributed by atoms with E-state index in [9.17, 15) is 4.79 Å². The van der Waals surface area contributed by atoms with Gasteiger partial charge in [0.2, 0.25) is 0 Å². The lowest BCUT2D eigenvalue weighted by Gasteiger charge is -2.26. The highest BCUT2D eigenvalue weighted by molar-refractivity contribution is 7.98. The second-order valence-corrected chi connectivity index (χ2v) is 4.67. The predicted octanol–water partition coefficient (Wildman–Crippen LogP) is 2.18. The zero-order chi connectivity index (χ0) is 12.6. The summed E-state index contributed by atoms with van der Waals surface area (Å²) in [6, 6.07) is 0.487. The summed E-state index contributed by atoms with van der Waals surface area (Å²) in [5.74, 6) is 0.789. The molecule has 0 spiro atoms. The Bertz CT molecular complexity index is 231. The molecule has 0 aromatic carbocycles. The van der Waals surface area contributed by atoms with Gasteiger partial charge < -0.3 is 4.74 Å². The van der Waals surface area contributed by atoms with Crippen molar-refractivity contribution >= 4 is 17.7 Å². The van der Waals surface area contributed by atoms with E-state index in [0.717, 1.165) is 12.2 Å². The zero-order valence-corrected chi connectivity index (χ0v) is 11.6. The molecule has 0 fully saturated rings. The summed E-state index contributed by atoms with van der Waals surface area (Å²) >= 11 is 1.82. The summed E-state index contributed by atoms with van der Waals surface area (Å²) in [6.45, 7) is 8.71. The number of carbonyl (C=O) groups excluding carboxylic acids is 1. The molecule has 0 radical (unpaired) electrons. The van der Waals surface area contributed by atoms with Gasteiger partial charge in [-0.25, -0.2) is 4.79 Å². The smallest absolute Gasteiger partial charge is 0.334 e. The number of carbonyl (C=O) groups is 1. The lowest BCUT2D eigenvalue weighted by molar-refractivity contribution is -0.138. The van der Waals surface area contributed by atoms with Crippen molar-refractivity contribution in [2.24, 2.45) is 0 Å². The molecule has 0 rings (SSSR count). The highest BCUT2D eigenvalue weighted by Gasteiger charge is 2.16. The maximum atomic E-state index is 11.4. The van der Waals surface area contributed by atoms with E-state index in [4.69, 9.17) is 4.74 Å². The molecule has 0 aliphatic rings. The summed E-state index contributed by atoms with van der Waals surface area (Å²) in [7, 11) is 2.02. The van der Waals surface area contributed by atoms with Gasteiger partial charge in [0.05, 0.1) is 6.61 Å². The highest BCUT2D eigenvalue weighted by atomic mass is 32.2. The molecule has 0 aromatic rings. The standard InChI is InChI=1S/C12H23NO2S/c1-6-11(9-16-5)13(4)8-10(3)12(14)15-7-2/h11H,3,6-9H2,1-2,4-5H3. The predicted molar refractivity (Wildman–Crippen MR) is 70.9 cm³/mol. The summed E-state index contributed by atoms with van der Waals surface area (Å²) in [4.78, 5) is 13.6. The van der Waals surface area contributed by atoms with Gasteiger partial charge in [0.15, 0.2) is 0 Å². The van der Waals surface area contributed by atoms with Crippen molar-refractivity contribution in [3.05, 3.63) is 12.2 Å². The number of ether oxygens (including phenoxy) is 1. The first kappa shape index (κ1) is 15.5. The number of likely N-dealkylation sites (N-methyl/N-ethyl adjacent to an activating group) is 1. The maximum absolute atomic E-state index is 11.4.